The van der Waals surface area contributed by atoms with Gasteiger partial charge in [-0.2, -0.15) is 0 Å². The number of para-hydroxylation sites is 1. The van der Waals surface area contributed by atoms with Crippen LogP contribution in [0.3, 0.4) is 0 Å². The summed E-state index contributed by atoms with van der Waals surface area (Å²) in [7, 11) is 0. The van der Waals surface area contributed by atoms with Crippen LogP contribution >= 0.6 is 0 Å². The summed E-state index contributed by atoms with van der Waals surface area (Å²) in [5, 5.41) is 8.25. The molecule has 3 nitrogen and oxygen atoms in total. The van der Waals surface area contributed by atoms with Gasteiger partial charge in [-0.25, -0.2) is 0 Å². The van der Waals surface area contributed by atoms with Gasteiger partial charge in [-0.1, -0.05) is 104 Å². The summed E-state index contributed by atoms with van der Waals surface area (Å²) in [6, 6.07) is 53.8. The van der Waals surface area contributed by atoms with Crippen LogP contribution in [0.4, 0.5) is 11.4 Å². The number of nitrogens with one attached hydrogen (secondary N) is 1. The largest absolute Gasteiger partial charge is 0.456 e. The average Bonchev–Trinajstić information content (AvgIpc) is 3.69. The third kappa shape index (κ3) is 5.00. The molecule has 2 aromatic heterocycles. The summed E-state index contributed by atoms with van der Waals surface area (Å²) >= 11 is 0. The van der Waals surface area contributed by atoms with Gasteiger partial charge in [0.2, 0.25) is 0 Å². The van der Waals surface area contributed by atoms with Crippen molar-refractivity contribution in [2.24, 2.45) is 0 Å². The molecule has 0 aliphatic heterocycles. The predicted octanol–water partition coefficient (Wildman–Crippen LogP) is 13.0. The lowest BCUT2D eigenvalue weighted by molar-refractivity contribution is 0.669. The van der Waals surface area contributed by atoms with Crippen molar-refractivity contribution in [1.82, 2.24) is 4.57 Å². The number of hydrogen-bond donors (Lipinski definition) is 1. The molecule has 7 aromatic carbocycles. The van der Waals surface area contributed by atoms with Crippen molar-refractivity contribution in [3.05, 3.63) is 176 Å². The summed E-state index contributed by atoms with van der Waals surface area (Å²) in [5.41, 5.74) is 14.2. The highest BCUT2D eigenvalue weighted by atomic mass is 16.3. The van der Waals surface area contributed by atoms with Crippen molar-refractivity contribution in [1.29, 1.82) is 0 Å². The molecule has 0 atom stereocenters. The SMILES string of the molecule is C=Cc1ccc(-c2ccc3c(c2)c2cc(-c4ccc(Nc5ccc6c(c5)oc5ccccc56)cc4)ccc2n3-c2ccc(C=C)cc2)cc1. The van der Waals surface area contributed by atoms with E-state index < -0.39 is 0 Å². The Kier molecular flexibility index (Phi) is 6.77. The van der Waals surface area contributed by atoms with E-state index in [0.717, 1.165) is 55.7 Å². The van der Waals surface area contributed by atoms with E-state index in [1.807, 2.05) is 30.4 Å². The predicted molar refractivity (Wildman–Crippen MR) is 209 cm³/mol. The first-order valence-corrected chi connectivity index (χ1v) is 16.5. The molecule has 49 heavy (non-hydrogen) atoms. The van der Waals surface area contributed by atoms with Crippen molar-refractivity contribution in [3.8, 4) is 27.9 Å². The monoisotopic (exact) mass is 628 g/mol. The fourth-order valence-electron chi connectivity index (χ4n) is 6.95. The smallest absolute Gasteiger partial charge is 0.137 e. The Morgan fingerprint density at radius 2 is 0.980 bits per heavy atom. The molecule has 0 radical (unpaired) electrons. The van der Waals surface area contributed by atoms with Crippen LogP contribution in [0, 0.1) is 0 Å². The second-order valence-electron chi connectivity index (χ2n) is 12.4. The molecular weight excluding hydrogens is 597 g/mol. The van der Waals surface area contributed by atoms with E-state index in [9.17, 15) is 0 Å². The van der Waals surface area contributed by atoms with Gasteiger partial charge in [0.1, 0.15) is 11.2 Å². The van der Waals surface area contributed by atoms with E-state index in [1.54, 1.807) is 0 Å². The molecule has 0 aliphatic carbocycles. The van der Waals surface area contributed by atoms with Gasteiger partial charge in [0.05, 0.1) is 11.0 Å². The molecule has 0 unspecified atom stereocenters. The Balaban J connectivity index is 1.10. The average molecular weight is 629 g/mol. The van der Waals surface area contributed by atoms with Crippen molar-refractivity contribution in [2.75, 3.05) is 5.32 Å². The molecule has 1 N–H and O–H groups in total. The molecule has 9 rings (SSSR count). The molecular formula is C46H32N2O. The summed E-state index contributed by atoms with van der Waals surface area (Å²) in [4.78, 5) is 0. The maximum Gasteiger partial charge on any atom is 0.137 e. The van der Waals surface area contributed by atoms with Gasteiger partial charge in [-0.05, 0) is 100 Å². The van der Waals surface area contributed by atoms with E-state index in [4.69, 9.17) is 4.42 Å². The first kappa shape index (κ1) is 28.6. The van der Waals surface area contributed by atoms with Crippen LogP contribution in [-0.4, -0.2) is 4.57 Å². The van der Waals surface area contributed by atoms with E-state index in [0.29, 0.717) is 0 Å². The molecule has 2 heterocycles. The minimum Gasteiger partial charge on any atom is -0.456 e. The minimum atomic E-state index is 0.879. The van der Waals surface area contributed by atoms with Crippen molar-refractivity contribution in [3.63, 3.8) is 0 Å². The maximum atomic E-state index is 6.11. The van der Waals surface area contributed by atoms with Gasteiger partial charge in [0.15, 0.2) is 0 Å². The molecule has 0 fully saturated rings. The zero-order chi connectivity index (χ0) is 32.9. The molecule has 0 aliphatic rings. The van der Waals surface area contributed by atoms with E-state index in [-0.39, 0.29) is 0 Å². The van der Waals surface area contributed by atoms with Crippen molar-refractivity contribution in [2.45, 2.75) is 0 Å². The molecule has 0 bridgehead atoms. The number of fused-ring (bicyclic) bond motifs is 6. The fourth-order valence-corrected chi connectivity index (χ4v) is 6.95. The van der Waals surface area contributed by atoms with Gasteiger partial charge in [0, 0.05) is 44.7 Å². The molecule has 0 saturated heterocycles. The normalized spacial score (nSPS) is 11.4. The van der Waals surface area contributed by atoms with E-state index in [2.05, 4.69) is 157 Å². The Morgan fingerprint density at radius 1 is 0.449 bits per heavy atom. The summed E-state index contributed by atoms with van der Waals surface area (Å²) < 4.78 is 8.47. The quantitative estimate of drug-likeness (QED) is 0.190. The van der Waals surface area contributed by atoms with Crippen LogP contribution in [0.2, 0.25) is 0 Å². The molecule has 3 heteroatoms. The fraction of sp³-hybridized carbons (Fsp3) is 0. The number of hydrogen-bond acceptors (Lipinski definition) is 2. The zero-order valence-corrected chi connectivity index (χ0v) is 26.9. The number of aromatic nitrogens is 1. The van der Waals surface area contributed by atoms with Gasteiger partial charge in [-0.15, -0.1) is 0 Å². The first-order chi connectivity index (χ1) is 24.1. The number of nitrogens with zero attached hydrogens (tertiary/aromatic N) is 1. The number of anilines is 2. The Labute approximate surface area is 284 Å². The van der Waals surface area contributed by atoms with Crippen LogP contribution in [0.15, 0.2) is 169 Å². The lowest BCUT2D eigenvalue weighted by Crippen LogP contribution is -1.94. The zero-order valence-electron chi connectivity index (χ0n) is 26.9. The molecule has 0 saturated carbocycles. The van der Waals surface area contributed by atoms with E-state index in [1.165, 1.54) is 38.5 Å². The molecule has 232 valence electrons. The number of benzene rings is 7. The third-order valence-electron chi connectivity index (χ3n) is 9.52. The number of furan rings is 1. The topological polar surface area (TPSA) is 30.1 Å². The van der Waals surface area contributed by atoms with Crippen LogP contribution < -0.4 is 5.32 Å². The molecule has 9 aromatic rings. The van der Waals surface area contributed by atoms with E-state index >= 15 is 0 Å². The van der Waals surface area contributed by atoms with Gasteiger partial charge >= 0.3 is 0 Å². The summed E-state index contributed by atoms with van der Waals surface area (Å²) in [6.07, 6.45) is 3.76. The third-order valence-corrected chi connectivity index (χ3v) is 9.52. The first-order valence-electron chi connectivity index (χ1n) is 16.5. The highest BCUT2D eigenvalue weighted by Crippen LogP contribution is 2.38. The Morgan fingerprint density at radius 3 is 1.61 bits per heavy atom. The molecule has 0 amide bonds. The minimum absolute atomic E-state index is 0.879. The number of rotatable bonds is 7. The van der Waals surface area contributed by atoms with Crippen LogP contribution in [-0.2, 0) is 0 Å². The van der Waals surface area contributed by atoms with Crippen molar-refractivity contribution < 1.29 is 4.42 Å². The van der Waals surface area contributed by atoms with Crippen LogP contribution in [0.25, 0.3) is 83.8 Å². The standard InChI is InChI=1S/C46H32N2O/c1-3-30-9-13-32(14-10-30)34-17-25-43-41(27-34)42-28-35(18-26-44(42)48(43)38-22-11-31(4-2)12-23-38)33-15-19-36(20-16-33)47-37-21-24-40-39-7-5-6-8-45(39)49-46(40)29-37/h3-29,47H,1-2H2. The van der Waals surface area contributed by atoms with Crippen molar-refractivity contribution >= 4 is 67.3 Å². The second kappa shape index (κ2) is 11.6. The molecule has 0 spiro atoms. The summed E-state index contributed by atoms with van der Waals surface area (Å²) in [5.74, 6) is 0. The lowest BCUT2D eigenvalue weighted by Gasteiger charge is -2.10. The van der Waals surface area contributed by atoms with Crippen LogP contribution in [0.5, 0.6) is 0 Å². The van der Waals surface area contributed by atoms with Gasteiger partial charge < -0.3 is 14.3 Å². The van der Waals surface area contributed by atoms with Gasteiger partial charge in [0.25, 0.3) is 0 Å². The second-order valence-corrected chi connectivity index (χ2v) is 12.4. The summed E-state index contributed by atoms with van der Waals surface area (Å²) in [6.45, 7) is 7.84. The Bertz CT molecular complexity index is 2690. The lowest BCUT2D eigenvalue weighted by atomic mass is 9.99. The van der Waals surface area contributed by atoms with Gasteiger partial charge in [-0.3, -0.25) is 0 Å². The maximum absolute atomic E-state index is 6.11. The Hall–Kier alpha value is -6.58. The highest BCUT2D eigenvalue weighted by Gasteiger charge is 2.15. The van der Waals surface area contributed by atoms with Crippen LogP contribution in [0.1, 0.15) is 11.1 Å². The highest BCUT2D eigenvalue weighted by molar-refractivity contribution is 6.12.